The molecular weight excluding hydrogens is 338 g/mol. The average Bonchev–Trinajstić information content (AvgIpc) is 3.10. The van der Waals surface area contributed by atoms with Crippen molar-refractivity contribution in [3.8, 4) is 0 Å². The van der Waals surface area contributed by atoms with Gasteiger partial charge in [0.05, 0.1) is 6.42 Å². The minimum Gasteiger partial charge on any atom is -0.350 e. The maximum Gasteiger partial charge on any atom is 0.295 e. The summed E-state index contributed by atoms with van der Waals surface area (Å²) in [7, 11) is 1.96. The molecule has 0 fully saturated rings. The standard InChI is InChI=1S/C17H15N5O2S/c1-10-16(24)19-17-22(20-10)14(9-25-17)18-15(23)7-11-8-21(2)13-6-4-3-5-12(11)13/h3-6,8-9H,7H2,1-2H3,(H,18,23). The third-order valence-corrected chi connectivity index (χ3v) is 4.86. The van der Waals surface area contributed by atoms with Crippen molar-refractivity contribution in [2.45, 2.75) is 13.3 Å². The van der Waals surface area contributed by atoms with Crippen molar-refractivity contribution in [2.75, 3.05) is 5.32 Å². The van der Waals surface area contributed by atoms with E-state index in [2.05, 4.69) is 15.4 Å². The Labute approximate surface area is 146 Å². The van der Waals surface area contributed by atoms with Crippen LogP contribution >= 0.6 is 11.3 Å². The Kier molecular flexibility index (Phi) is 3.61. The third kappa shape index (κ3) is 2.70. The Balaban J connectivity index is 1.62. The predicted molar refractivity (Wildman–Crippen MR) is 97.1 cm³/mol. The van der Waals surface area contributed by atoms with Gasteiger partial charge < -0.3 is 9.88 Å². The molecule has 0 aliphatic carbocycles. The highest BCUT2D eigenvalue weighted by molar-refractivity contribution is 7.15. The van der Waals surface area contributed by atoms with Gasteiger partial charge in [0.1, 0.15) is 11.5 Å². The summed E-state index contributed by atoms with van der Waals surface area (Å²) in [4.78, 5) is 28.4. The first kappa shape index (κ1) is 15.5. The number of carbonyl (C=O) groups excluding carboxylic acids is 1. The second kappa shape index (κ2) is 5.82. The van der Waals surface area contributed by atoms with E-state index in [0.29, 0.717) is 16.5 Å². The van der Waals surface area contributed by atoms with Gasteiger partial charge in [0, 0.05) is 29.5 Å². The van der Waals surface area contributed by atoms with E-state index >= 15 is 0 Å². The fourth-order valence-electron chi connectivity index (χ4n) is 2.85. The van der Waals surface area contributed by atoms with Crippen molar-refractivity contribution in [3.63, 3.8) is 0 Å². The van der Waals surface area contributed by atoms with Crippen LogP contribution in [0.2, 0.25) is 0 Å². The zero-order valence-corrected chi connectivity index (χ0v) is 14.5. The van der Waals surface area contributed by atoms with Crippen molar-refractivity contribution < 1.29 is 4.79 Å². The first-order chi connectivity index (χ1) is 12.0. The third-order valence-electron chi connectivity index (χ3n) is 4.04. The minimum atomic E-state index is -0.351. The first-order valence-corrected chi connectivity index (χ1v) is 8.59. The van der Waals surface area contributed by atoms with E-state index in [1.54, 1.807) is 12.3 Å². The van der Waals surface area contributed by atoms with Crippen LogP contribution in [0.15, 0.2) is 40.6 Å². The van der Waals surface area contributed by atoms with Crippen LogP contribution in [0.5, 0.6) is 0 Å². The molecule has 4 aromatic rings. The van der Waals surface area contributed by atoms with Gasteiger partial charge in [-0.1, -0.05) is 18.2 Å². The first-order valence-electron chi connectivity index (χ1n) is 7.71. The summed E-state index contributed by atoms with van der Waals surface area (Å²) in [6, 6.07) is 7.98. The summed E-state index contributed by atoms with van der Waals surface area (Å²) in [5.74, 6) is 0.370. The maximum absolute atomic E-state index is 12.5. The topological polar surface area (TPSA) is 81.3 Å². The van der Waals surface area contributed by atoms with Crippen LogP contribution in [0.3, 0.4) is 0 Å². The molecule has 0 aliphatic rings. The number of para-hydroxylation sites is 1. The summed E-state index contributed by atoms with van der Waals surface area (Å²) in [5.41, 5.74) is 1.99. The summed E-state index contributed by atoms with van der Waals surface area (Å²) < 4.78 is 3.50. The van der Waals surface area contributed by atoms with Gasteiger partial charge in [0.15, 0.2) is 0 Å². The van der Waals surface area contributed by atoms with E-state index in [9.17, 15) is 9.59 Å². The van der Waals surface area contributed by atoms with Gasteiger partial charge >= 0.3 is 0 Å². The monoisotopic (exact) mass is 353 g/mol. The quantitative estimate of drug-likeness (QED) is 0.612. The van der Waals surface area contributed by atoms with E-state index in [0.717, 1.165) is 16.5 Å². The Hall–Kier alpha value is -3.00. The Morgan fingerprint density at radius 2 is 2.12 bits per heavy atom. The highest BCUT2D eigenvalue weighted by Crippen LogP contribution is 2.22. The SMILES string of the molecule is Cc1nn2c(NC(=O)Cc3cn(C)c4ccccc34)csc2nc1=O. The van der Waals surface area contributed by atoms with Crippen molar-refractivity contribution in [3.05, 3.63) is 57.5 Å². The van der Waals surface area contributed by atoms with Crippen LogP contribution in [0.4, 0.5) is 5.82 Å². The molecule has 4 rings (SSSR count). The van der Waals surface area contributed by atoms with Gasteiger partial charge in [-0.05, 0) is 18.6 Å². The minimum absolute atomic E-state index is 0.144. The molecule has 0 atom stereocenters. The lowest BCUT2D eigenvalue weighted by Crippen LogP contribution is -2.19. The number of hydrogen-bond donors (Lipinski definition) is 1. The normalized spacial score (nSPS) is 11.3. The average molecular weight is 353 g/mol. The molecule has 0 spiro atoms. The lowest BCUT2D eigenvalue weighted by atomic mass is 10.1. The van der Waals surface area contributed by atoms with Gasteiger partial charge in [0.25, 0.3) is 5.56 Å². The van der Waals surface area contributed by atoms with Crippen LogP contribution < -0.4 is 10.9 Å². The molecule has 1 aromatic carbocycles. The fourth-order valence-corrected chi connectivity index (χ4v) is 3.60. The summed E-state index contributed by atoms with van der Waals surface area (Å²) in [6.45, 7) is 1.60. The van der Waals surface area contributed by atoms with Gasteiger partial charge in [0.2, 0.25) is 10.9 Å². The molecule has 3 heterocycles. The van der Waals surface area contributed by atoms with Crippen LogP contribution in [-0.2, 0) is 18.3 Å². The number of fused-ring (bicyclic) bond motifs is 2. The molecule has 0 unspecified atom stereocenters. The Bertz CT molecular complexity index is 1170. The molecule has 1 N–H and O–H groups in total. The lowest BCUT2D eigenvalue weighted by molar-refractivity contribution is -0.115. The van der Waals surface area contributed by atoms with Gasteiger partial charge in [-0.15, -0.1) is 11.3 Å². The van der Waals surface area contributed by atoms with Crippen LogP contribution in [-0.4, -0.2) is 25.1 Å². The van der Waals surface area contributed by atoms with Crippen molar-refractivity contribution in [2.24, 2.45) is 7.05 Å². The molecule has 0 saturated carbocycles. The zero-order chi connectivity index (χ0) is 17.6. The Morgan fingerprint density at radius 1 is 1.32 bits per heavy atom. The number of benzene rings is 1. The molecule has 25 heavy (non-hydrogen) atoms. The summed E-state index contributed by atoms with van der Waals surface area (Å²) in [6.07, 6.45) is 2.22. The molecule has 8 heteroatoms. The van der Waals surface area contributed by atoms with Gasteiger partial charge in [-0.25, -0.2) is 0 Å². The fraction of sp³-hybridized carbons (Fsp3) is 0.176. The molecule has 3 aromatic heterocycles. The van der Waals surface area contributed by atoms with Crippen molar-refractivity contribution in [1.82, 2.24) is 19.2 Å². The highest BCUT2D eigenvalue weighted by atomic mass is 32.1. The molecular formula is C17H15N5O2S. The van der Waals surface area contributed by atoms with E-state index in [-0.39, 0.29) is 17.9 Å². The molecule has 0 aliphatic heterocycles. The van der Waals surface area contributed by atoms with Crippen LogP contribution in [0.1, 0.15) is 11.3 Å². The number of nitrogens with one attached hydrogen (secondary N) is 1. The molecule has 126 valence electrons. The Morgan fingerprint density at radius 3 is 2.96 bits per heavy atom. The highest BCUT2D eigenvalue weighted by Gasteiger charge is 2.14. The lowest BCUT2D eigenvalue weighted by Gasteiger charge is -2.04. The second-order valence-electron chi connectivity index (χ2n) is 5.83. The summed E-state index contributed by atoms with van der Waals surface area (Å²) >= 11 is 1.26. The number of thiazole rings is 1. The number of anilines is 1. The van der Waals surface area contributed by atoms with Gasteiger partial charge in [-0.2, -0.15) is 14.6 Å². The molecule has 1 amide bonds. The number of hydrogen-bond acceptors (Lipinski definition) is 5. The second-order valence-corrected chi connectivity index (χ2v) is 6.66. The molecule has 0 bridgehead atoms. The van der Waals surface area contributed by atoms with E-state index in [4.69, 9.17) is 0 Å². The smallest absolute Gasteiger partial charge is 0.295 e. The number of carbonyl (C=O) groups is 1. The summed E-state index contributed by atoms with van der Waals surface area (Å²) in [5, 5.41) is 9.83. The van der Waals surface area contributed by atoms with E-state index in [1.165, 1.54) is 15.9 Å². The largest absolute Gasteiger partial charge is 0.350 e. The van der Waals surface area contributed by atoms with E-state index in [1.807, 2.05) is 42.1 Å². The van der Waals surface area contributed by atoms with Crippen molar-refractivity contribution in [1.29, 1.82) is 0 Å². The van der Waals surface area contributed by atoms with Crippen LogP contribution in [0.25, 0.3) is 15.9 Å². The molecule has 0 radical (unpaired) electrons. The van der Waals surface area contributed by atoms with Gasteiger partial charge in [-0.3, -0.25) is 9.59 Å². The molecule has 7 nitrogen and oxygen atoms in total. The maximum atomic E-state index is 12.5. The number of nitrogens with zero attached hydrogens (tertiary/aromatic N) is 4. The van der Waals surface area contributed by atoms with E-state index < -0.39 is 0 Å². The van der Waals surface area contributed by atoms with Crippen molar-refractivity contribution >= 4 is 38.9 Å². The zero-order valence-electron chi connectivity index (χ0n) is 13.7. The number of amides is 1. The number of aryl methyl sites for hydroxylation is 2. The molecule has 0 saturated heterocycles. The van der Waals surface area contributed by atoms with Crippen LogP contribution in [0, 0.1) is 6.92 Å². The number of aromatic nitrogens is 4. The number of rotatable bonds is 3. The predicted octanol–water partition coefficient (Wildman–Crippen LogP) is 2.13.